The Hall–Kier alpha value is -2.41. The van der Waals surface area contributed by atoms with E-state index in [9.17, 15) is 9.18 Å². The van der Waals surface area contributed by atoms with E-state index in [1.54, 1.807) is 30.5 Å². The number of hydrogen-bond acceptors (Lipinski definition) is 3. The zero-order valence-corrected chi connectivity index (χ0v) is 13.8. The second kappa shape index (κ2) is 8.28. The molecule has 0 bridgehead atoms. The Balaban J connectivity index is 1.77. The molecule has 0 unspecified atom stereocenters. The molecule has 122 valence electrons. The van der Waals surface area contributed by atoms with Gasteiger partial charge in [-0.25, -0.2) is 4.39 Å². The Morgan fingerprint density at radius 1 is 1.26 bits per heavy atom. The van der Waals surface area contributed by atoms with E-state index in [4.69, 9.17) is 0 Å². The summed E-state index contributed by atoms with van der Waals surface area (Å²) in [6.07, 6.45) is 0. The lowest BCUT2D eigenvalue weighted by Crippen LogP contribution is -2.40. The first-order valence-electron chi connectivity index (χ1n) is 7.12. The summed E-state index contributed by atoms with van der Waals surface area (Å²) < 4.78 is 13.1. The van der Waals surface area contributed by atoms with Gasteiger partial charge in [-0.15, -0.1) is 11.3 Å². The number of amides is 1. The van der Waals surface area contributed by atoms with Crippen LogP contribution in [0.3, 0.4) is 0 Å². The lowest BCUT2D eigenvalue weighted by molar-refractivity contribution is -0.115. The fourth-order valence-corrected chi connectivity index (χ4v) is 2.74. The summed E-state index contributed by atoms with van der Waals surface area (Å²) in [4.78, 5) is 18.3. The molecule has 0 saturated heterocycles. The number of aryl methyl sites for hydroxylation is 1. The minimum absolute atomic E-state index is 0.0413. The number of rotatable bonds is 5. The van der Waals surface area contributed by atoms with Crippen molar-refractivity contribution in [2.24, 2.45) is 4.99 Å². The zero-order chi connectivity index (χ0) is 16.7. The highest BCUT2D eigenvalue weighted by atomic mass is 32.1. The second-order valence-corrected chi connectivity index (χ2v) is 6.22. The number of nitrogens with zero attached hydrogens (tertiary/aromatic N) is 1. The molecule has 0 radical (unpaired) electrons. The first-order valence-corrected chi connectivity index (χ1v) is 7.93. The standard InChI is InChI=1S/C16H19FN4OS/c1-11-6-7-14(23-11)9-19-16(18-2)20-10-15(22)21-13-5-3-4-12(17)8-13/h3-8H,9-10H2,1-2H3,(H,21,22)(H2,18,19,20). The van der Waals surface area contributed by atoms with Crippen molar-refractivity contribution < 1.29 is 9.18 Å². The van der Waals surface area contributed by atoms with Crippen LogP contribution in [-0.4, -0.2) is 25.5 Å². The second-order valence-electron chi connectivity index (χ2n) is 4.85. The SMILES string of the molecule is CN=C(NCC(=O)Nc1cccc(F)c1)NCc1ccc(C)s1. The highest BCUT2D eigenvalue weighted by Gasteiger charge is 2.05. The van der Waals surface area contributed by atoms with Gasteiger partial charge in [-0.3, -0.25) is 9.79 Å². The van der Waals surface area contributed by atoms with Gasteiger partial charge in [0.05, 0.1) is 13.1 Å². The third-order valence-corrected chi connectivity index (χ3v) is 3.98. The molecule has 1 aromatic carbocycles. The maximum Gasteiger partial charge on any atom is 0.243 e. The van der Waals surface area contributed by atoms with Crippen molar-refractivity contribution in [3.05, 3.63) is 52.0 Å². The highest BCUT2D eigenvalue weighted by Crippen LogP contribution is 2.14. The number of halogens is 1. The van der Waals surface area contributed by atoms with Crippen molar-refractivity contribution in [1.29, 1.82) is 0 Å². The molecule has 23 heavy (non-hydrogen) atoms. The van der Waals surface area contributed by atoms with Gasteiger partial charge < -0.3 is 16.0 Å². The number of aliphatic imine (C=N–C) groups is 1. The lowest BCUT2D eigenvalue weighted by Gasteiger charge is -2.11. The quantitative estimate of drug-likeness (QED) is 0.581. The fraction of sp³-hybridized carbons (Fsp3) is 0.250. The molecule has 2 aromatic rings. The van der Waals surface area contributed by atoms with Gasteiger partial charge >= 0.3 is 0 Å². The molecule has 5 nitrogen and oxygen atoms in total. The van der Waals surface area contributed by atoms with Gasteiger partial charge in [-0.1, -0.05) is 6.07 Å². The lowest BCUT2D eigenvalue weighted by atomic mass is 10.3. The van der Waals surface area contributed by atoms with E-state index < -0.39 is 0 Å². The van der Waals surface area contributed by atoms with Gasteiger partial charge in [-0.05, 0) is 37.3 Å². The van der Waals surface area contributed by atoms with E-state index in [-0.39, 0.29) is 18.3 Å². The van der Waals surface area contributed by atoms with Crippen molar-refractivity contribution in [3.8, 4) is 0 Å². The molecule has 0 atom stereocenters. The monoisotopic (exact) mass is 334 g/mol. The van der Waals surface area contributed by atoms with Crippen LogP contribution in [0.5, 0.6) is 0 Å². The molecule has 0 aliphatic rings. The molecule has 3 N–H and O–H groups in total. The van der Waals surface area contributed by atoms with Gasteiger partial charge in [0.1, 0.15) is 5.82 Å². The zero-order valence-electron chi connectivity index (χ0n) is 13.0. The molecular weight excluding hydrogens is 315 g/mol. The topological polar surface area (TPSA) is 65.5 Å². The molecule has 0 fully saturated rings. The van der Waals surface area contributed by atoms with Gasteiger partial charge in [-0.2, -0.15) is 0 Å². The maximum absolute atomic E-state index is 13.1. The number of thiophene rings is 1. The third kappa shape index (κ3) is 5.71. The number of carbonyl (C=O) groups is 1. The van der Waals surface area contributed by atoms with E-state index >= 15 is 0 Å². The summed E-state index contributed by atoms with van der Waals surface area (Å²) in [7, 11) is 1.64. The maximum atomic E-state index is 13.1. The number of benzene rings is 1. The number of anilines is 1. The largest absolute Gasteiger partial charge is 0.352 e. The van der Waals surface area contributed by atoms with Crippen molar-refractivity contribution in [2.45, 2.75) is 13.5 Å². The van der Waals surface area contributed by atoms with E-state index in [2.05, 4.69) is 40.0 Å². The Labute approximate surface area is 138 Å². The van der Waals surface area contributed by atoms with Gasteiger partial charge in [0.15, 0.2) is 5.96 Å². The molecule has 0 saturated carbocycles. The average Bonchev–Trinajstić information content (AvgIpc) is 2.93. The number of guanidine groups is 1. The Bertz CT molecular complexity index is 699. The van der Waals surface area contributed by atoms with Crippen molar-refractivity contribution >= 4 is 28.9 Å². The number of nitrogens with one attached hydrogen (secondary N) is 3. The van der Waals surface area contributed by atoms with E-state index in [0.29, 0.717) is 18.2 Å². The minimum Gasteiger partial charge on any atom is -0.352 e. The Kier molecular flexibility index (Phi) is 6.10. The van der Waals surface area contributed by atoms with Crippen LogP contribution in [0.15, 0.2) is 41.4 Å². The summed E-state index contributed by atoms with van der Waals surface area (Å²) in [6.45, 7) is 2.74. The molecule has 0 aliphatic heterocycles. The molecule has 7 heteroatoms. The van der Waals surface area contributed by atoms with Crippen molar-refractivity contribution in [3.63, 3.8) is 0 Å². The molecule has 0 aliphatic carbocycles. The van der Waals surface area contributed by atoms with Crippen LogP contribution < -0.4 is 16.0 Å². The predicted octanol–water partition coefficient (Wildman–Crippen LogP) is 2.50. The van der Waals surface area contributed by atoms with Crippen LogP contribution in [0.1, 0.15) is 9.75 Å². The van der Waals surface area contributed by atoms with Gasteiger partial charge in [0.2, 0.25) is 5.91 Å². The first-order chi connectivity index (χ1) is 11.1. The predicted molar refractivity (Wildman–Crippen MR) is 92.3 cm³/mol. The van der Waals surface area contributed by atoms with E-state index in [1.807, 2.05) is 0 Å². The molecular formula is C16H19FN4OS. The van der Waals surface area contributed by atoms with E-state index in [1.165, 1.54) is 21.9 Å². The third-order valence-electron chi connectivity index (χ3n) is 2.97. The normalized spacial score (nSPS) is 11.2. The molecule has 2 rings (SSSR count). The number of carbonyl (C=O) groups excluding carboxylic acids is 1. The van der Waals surface area contributed by atoms with Crippen LogP contribution in [0.4, 0.5) is 10.1 Å². The van der Waals surface area contributed by atoms with Gasteiger partial charge in [0.25, 0.3) is 0 Å². The van der Waals surface area contributed by atoms with Crippen LogP contribution in [0.2, 0.25) is 0 Å². The van der Waals surface area contributed by atoms with Gasteiger partial charge in [0, 0.05) is 22.5 Å². The highest BCUT2D eigenvalue weighted by molar-refractivity contribution is 7.11. The van der Waals surface area contributed by atoms with Crippen LogP contribution >= 0.6 is 11.3 Å². The first kappa shape index (κ1) is 17.0. The van der Waals surface area contributed by atoms with Crippen LogP contribution in [0, 0.1) is 12.7 Å². The molecule has 0 spiro atoms. The minimum atomic E-state index is -0.389. The van der Waals surface area contributed by atoms with Crippen molar-refractivity contribution in [1.82, 2.24) is 10.6 Å². The Morgan fingerprint density at radius 2 is 2.09 bits per heavy atom. The number of hydrogen-bond donors (Lipinski definition) is 3. The summed E-state index contributed by atoms with van der Waals surface area (Å²) in [5.74, 6) is -0.129. The summed E-state index contributed by atoms with van der Waals surface area (Å²) in [5, 5.41) is 8.67. The summed E-state index contributed by atoms with van der Waals surface area (Å²) in [6, 6.07) is 9.88. The average molecular weight is 334 g/mol. The molecule has 1 heterocycles. The Morgan fingerprint density at radius 3 is 2.74 bits per heavy atom. The summed E-state index contributed by atoms with van der Waals surface area (Å²) in [5.41, 5.74) is 0.425. The van der Waals surface area contributed by atoms with Crippen LogP contribution in [0.25, 0.3) is 0 Å². The van der Waals surface area contributed by atoms with E-state index in [0.717, 1.165) is 0 Å². The fourth-order valence-electron chi connectivity index (χ4n) is 1.91. The van der Waals surface area contributed by atoms with Crippen LogP contribution in [-0.2, 0) is 11.3 Å². The molecule has 1 amide bonds. The molecule has 1 aromatic heterocycles. The summed E-state index contributed by atoms with van der Waals surface area (Å²) >= 11 is 1.71. The smallest absolute Gasteiger partial charge is 0.243 e. The van der Waals surface area contributed by atoms with Crippen molar-refractivity contribution in [2.75, 3.05) is 18.9 Å².